The van der Waals surface area contributed by atoms with Gasteiger partial charge in [-0.25, -0.2) is 0 Å². The average molecular weight is 277 g/mol. The van der Waals surface area contributed by atoms with Gasteiger partial charge in [0.2, 0.25) is 0 Å². The van der Waals surface area contributed by atoms with Crippen LogP contribution in [0.1, 0.15) is 5.56 Å². The van der Waals surface area contributed by atoms with E-state index < -0.39 is 0 Å². The molecule has 0 aliphatic rings. The molecule has 19 heavy (non-hydrogen) atoms. The first kappa shape index (κ1) is 14.0. The molecule has 2 aromatic rings. The first-order valence-corrected chi connectivity index (χ1v) is 7.30. The quantitative estimate of drug-likeness (QED) is 0.622. The summed E-state index contributed by atoms with van der Waals surface area (Å²) in [6.45, 7) is 1.37. The highest BCUT2D eigenvalue weighted by Gasteiger charge is 1.98. The summed E-state index contributed by atoms with van der Waals surface area (Å²) in [5, 5.41) is 4.13. The van der Waals surface area contributed by atoms with Gasteiger partial charge in [-0.05, 0) is 30.7 Å². The summed E-state index contributed by atoms with van der Waals surface area (Å²) in [7, 11) is 1.92. The van der Waals surface area contributed by atoms with Crippen LogP contribution in [-0.2, 0) is 13.5 Å². The normalized spacial score (nSPS) is 10.6. The molecule has 0 fully saturated rings. The number of rotatable bonds is 7. The monoisotopic (exact) mass is 277 g/mol. The van der Waals surface area contributed by atoms with Crippen LogP contribution in [0.25, 0.3) is 0 Å². The zero-order chi connectivity index (χ0) is 13.5. The average Bonchev–Trinajstić information content (AvgIpc) is 2.83. The van der Waals surface area contributed by atoms with E-state index in [1.807, 2.05) is 31.6 Å². The predicted octanol–water partition coefficient (Wildman–Crippen LogP) is 2.09. The lowest BCUT2D eigenvalue weighted by Gasteiger charge is -2.06. The molecule has 102 valence electrons. The molecule has 0 atom stereocenters. The Hall–Kier alpha value is -1.46. The minimum atomic E-state index is 0.682. The van der Waals surface area contributed by atoms with Crippen molar-refractivity contribution in [3.8, 4) is 5.75 Å². The van der Waals surface area contributed by atoms with Gasteiger partial charge in [-0.3, -0.25) is 4.68 Å². The zero-order valence-electron chi connectivity index (χ0n) is 11.1. The maximum Gasteiger partial charge on any atom is 0.119 e. The summed E-state index contributed by atoms with van der Waals surface area (Å²) in [4.78, 5) is 1.17. The van der Waals surface area contributed by atoms with Gasteiger partial charge in [-0.2, -0.15) is 5.10 Å². The fourth-order valence-corrected chi connectivity index (χ4v) is 2.46. The van der Waals surface area contributed by atoms with Gasteiger partial charge in [-0.15, -0.1) is 11.8 Å². The molecule has 0 unspecified atom stereocenters. The molecule has 1 aromatic carbocycles. The molecule has 0 saturated carbocycles. The highest BCUT2D eigenvalue weighted by Crippen LogP contribution is 2.17. The maximum absolute atomic E-state index is 5.69. The molecule has 5 heteroatoms. The van der Waals surface area contributed by atoms with Crippen LogP contribution >= 0.6 is 11.8 Å². The van der Waals surface area contributed by atoms with Gasteiger partial charge in [0, 0.05) is 23.9 Å². The lowest BCUT2D eigenvalue weighted by Crippen LogP contribution is -2.03. The molecule has 0 aliphatic carbocycles. The van der Waals surface area contributed by atoms with Crippen molar-refractivity contribution in [1.82, 2.24) is 9.78 Å². The number of hydrogen-bond donors (Lipinski definition) is 1. The molecular weight excluding hydrogens is 258 g/mol. The molecule has 1 heterocycles. The lowest BCUT2D eigenvalue weighted by atomic mass is 10.1. The Morgan fingerprint density at radius 3 is 2.74 bits per heavy atom. The van der Waals surface area contributed by atoms with Crippen molar-refractivity contribution in [2.24, 2.45) is 12.8 Å². The fourth-order valence-electron chi connectivity index (χ4n) is 1.71. The second-order valence-electron chi connectivity index (χ2n) is 4.23. The molecule has 1 aromatic heterocycles. The van der Waals surface area contributed by atoms with E-state index in [2.05, 4.69) is 17.2 Å². The number of thioether (sulfide) groups is 1. The number of nitrogens with zero attached hydrogens (tertiary/aromatic N) is 2. The van der Waals surface area contributed by atoms with Gasteiger partial charge in [0.25, 0.3) is 0 Å². The highest BCUT2D eigenvalue weighted by molar-refractivity contribution is 7.99. The second-order valence-corrected chi connectivity index (χ2v) is 5.40. The molecule has 0 saturated heterocycles. The Labute approximate surface area is 117 Å². The third kappa shape index (κ3) is 4.61. The second kappa shape index (κ2) is 7.21. The minimum absolute atomic E-state index is 0.682. The molecule has 0 radical (unpaired) electrons. The molecule has 2 rings (SSSR count). The van der Waals surface area contributed by atoms with E-state index in [9.17, 15) is 0 Å². The number of aryl methyl sites for hydroxylation is 1. The fraction of sp³-hybridized carbons (Fsp3) is 0.357. The number of aromatic nitrogens is 2. The van der Waals surface area contributed by atoms with Crippen LogP contribution in [0.5, 0.6) is 5.75 Å². The zero-order valence-corrected chi connectivity index (χ0v) is 11.9. The van der Waals surface area contributed by atoms with Crippen LogP contribution in [-0.4, -0.2) is 28.7 Å². The SMILES string of the molecule is Cn1cc(SCCOc2ccc(CCN)cc2)cn1. The van der Waals surface area contributed by atoms with Crippen molar-refractivity contribution in [2.75, 3.05) is 18.9 Å². The van der Waals surface area contributed by atoms with Crippen LogP contribution in [0.2, 0.25) is 0 Å². The lowest BCUT2D eigenvalue weighted by molar-refractivity contribution is 0.344. The summed E-state index contributed by atoms with van der Waals surface area (Å²) in [6, 6.07) is 8.13. The smallest absolute Gasteiger partial charge is 0.119 e. The van der Waals surface area contributed by atoms with E-state index in [0.717, 1.165) is 17.9 Å². The third-order valence-corrected chi connectivity index (χ3v) is 3.57. The Morgan fingerprint density at radius 1 is 1.32 bits per heavy atom. The van der Waals surface area contributed by atoms with E-state index in [0.29, 0.717) is 13.2 Å². The Balaban J connectivity index is 1.70. The summed E-state index contributed by atoms with van der Waals surface area (Å²) < 4.78 is 7.49. The summed E-state index contributed by atoms with van der Waals surface area (Å²) in [5.74, 6) is 1.82. The minimum Gasteiger partial charge on any atom is -0.493 e. The predicted molar refractivity (Wildman–Crippen MR) is 78.6 cm³/mol. The van der Waals surface area contributed by atoms with Gasteiger partial charge < -0.3 is 10.5 Å². The number of ether oxygens (including phenoxy) is 1. The first-order valence-electron chi connectivity index (χ1n) is 6.31. The molecule has 0 amide bonds. The highest BCUT2D eigenvalue weighted by atomic mass is 32.2. The van der Waals surface area contributed by atoms with Crippen LogP contribution in [0.15, 0.2) is 41.6 Å². The standard InChI is InChI=1S/C14H19N3OS/c1-17-11-14(10-16-17)19-9-8-18-13-4-2-12(3-5-13)6-7-15/h2-5,10-11H,6-9,15H2,1H3. The van der Waals surface area contributed by atoms with E-state index in [1.54, 1.807) is 16.4 Å². The summed E-state index contributed by atoms with van der Waals surface area (Å²) in [5.41, 5.74) is 6.76. The van der Waals surface area contributed by atoms with E-state index in [4.69, 9.17) is 10.5 Å². The topological polar surface area (TPSA) is 53.1 Å². The van der Waals surface area contributed by atoms with Crippen LogP contribution in [0, 0.1) is 0 Å². The largest absolute Gasteiger partial charge is 0.493 e. The molecule has 4 nitrogen and oxygen atoms in total. The van der Waals surface area contributed by atoms with Crippen LogP contribution < -0.4 is 10.5 Å². The van der Waals surface area contributed by atoms with Gasteiger partial charge >= 0.3 is 0 Å². The number of nitrogens with two attached hydrogens (primary N) is 1. The van der Waals surface area contributed by atoms with Crippen molar-refractivity contribution in [3.05, 3.63) is 42.2 Å². The summed E-state index contributed by atoms with van der Waals surface area (Å²) in [6.07, 6.45) is 4.79. The van der Waals surface area contributed by atoms with Crippen molar-refractivity contribution < 1.29 is 4.74 Å². The Kier molecular flexibility index (Phi) is 5.30. The molecule has 0 aliphatic heterocycles. The van der Waals surface area contributed by atoms with Gasteiger partial charge in [0.05, 0.1) is 12.8 Å². The molecule has 2 N–H and O–H groups in total. The summed E-state index contributed by atoms with van der Waals surface area (Å²) >= 11 is 1.75. The van der Waals surface area contributed by atoms with Crippen molar-refractivity contribution in [1.29, 1.82) is 0 Å². The molecule has 0 spiro atoms. The van der Waals surface area contributed by atoms with Crippen LogP contribution in [0.4, 0.5) is 0 Å². The molecule has 0 bridgehead atoms. The Bertz CT molecular complexity index is 496. The van der Waals surface area contributed by atoms with Gasteiger partial charge in [0.1, 0.15) is 5.75 Å². The van der Waals surface area contributed by atoms with Crippen LogP contribution in [0.3, 0.4) is 0 Å². The Morgan fingerprint density at radius 2 is 2.11 bits per heavy atom. The number of hydrogen-bond acceptors (Lipinski definition) is 4. The number of benzene rings is 1. The van der Waals surface area contributed by atoms with E-state index >= 15 is 0 Å². The maximum atomic E-state index is 5.69. The van der Waals surface area contributed by atoms with Crippen molar-refractivity contribution in [3.63, 3.8) is 0 Å². The first-order chi connectivity index (χ1) is 9.28. The van der Waals surface area contributed by atoms with Gasteiger partial charge in [-0.1, -0.05) is 12.1 Å². The van der Waals surface area contributed by atoms with E-state index in [-0.39, 0.29) is 0 Å². The van der Waals surface area contributed by atoms with Crippen molar-refractivity contribution in [2.45, 2.75) is 11.3 Å². The van der Waals surface area contributed by atoms with Gasteiger partial charge in [0.15, 0.2) is 0 Å². The van der Waals surface area contributed by atoms with Crippen molar-refractivity contribution >= 4 is 11.8 Å². The molecular formula is C14H19N3OS. The third-order valence-electron chi connectivity index (χ3n) is 2.66. The van der Waals surface area contributed by atoms with E-state index in [1.165, 1.54) is 10.5 Å².